The van der Waals surface area contributed by atoms with E-state index in [0.717, 1.165) is 6.61 Å². The Hall–Kier alpha value is -0.120. The van der Waals surface area contributed by atoms with Crippen molar-refractivity contribution >= 4 is 0 Å². The van der Waals surface area contributed by atoms with Gasteiger partial charge in [0.25, 0.3) is 0 Å². The highest BCUT2D eigenvalue weighted by Crippen LogP contribution is 2.69. The van der Waals surface area contributed by atoms with E-state index in [1.54, 1.807) is 0 Å². The number of nitrogens with two attached hydrogens (primary N) is 1. The highest BCUT2D eigenvalue weighted by molar-refractivity contribution is 5.15. The second-order valence-corrected chi connectivity index (χ2v) is 7.26. The van der Waals surface area contributed by atoms with Gasteiger partial charge < -0.3 is 4.74 Å². The Morgan fingerprint density at radius 3 is 2.39 bits per heavy atom. The summed E-state index contributed by atoms with van der Waals surface area (Å²) in [5, 5.41) is 0. The molecule has 0 aromatic rings. The van der Waals surface area contributed by atoms with E-state index in [1.165, 1.54) is 32.1 Å². The summed E-state index contributed by atoms with van der Waals surface area (Å²) in [7, 11) is 0. The van der Waals surface area contributed by atoms with Gasteiger partial charge in [0.2, 0.25) is 0 Å². The summed E-state index contributed by atoms with van der Waals surface area (Å²) in [6.45, 7) is 10.4. The molecule has 0 aromatic heterocycles. The molecule has 1 saturated carbocycles. The van der Waals surface area contributed by atoms with Crippen molar-refractivity contribution < 1.29 is 4.74 Å². The molecule has 3 N–H and O–H groups in total. The second-order valence-electron chi connectivity index (χ2n) is 7.26. The maximum absolute atomic E-state index is 5.77. The third kappa shape index (κ3) is 2.45. The third-order valence-electron chi connectivity index (χ3n) is 5.81. The predicted octanol–water partition coefficient (Wildman–Crippen LogP) is 2.85. The Kier molecular flexibility index (Phi) is 4.05. The molecule has 0 spiro atoms. The molecular weight excluding hydrogens is 224 g/mol. The lowest BCUT2D eigenvalue weighted by atomic mass is 9.98. The Morgan fingerprint density at radius 1 is 1.28 bits per heavy atom. The van der Waals surface area contributed by atoms with E-state index >= 15 is 0 Å². The Morgan fingerprint density at radius 2 is 1.94 bits per heavy atom. The zero-order valence-electron chi connectivity index (χ0n) is 12.5. The fourth-order valence-electron chi connectivity index (χ4n) is 4.04. The van der Waals surface area contributed by atoms with Crippen molar-refractivity contribution in [3.63, 3.8) is 0 Å². The fourth-order valence-corrected chi connectivity index (χ4v) is 4.04. The average molecular weight is 254 g/mol. The van der Waals surface area contributed by atoms with Crippen LogP contribution in [0.15, 0.2) is 0 Å². The van der Waals surface area contributed by atoms with Gasteiger partial charge in [0, 0.05) is 12.6 Å². The first kappa shape index (κ1) is 14.3. The Labute approximate surface area is 112 Å². The quantitative estimate of drug-likeness (QED) is 0.566. The van der Waals surface area contributed by atoms with E-state index in [-0.39, 0.29) is 0 Å². The molecule has 2 aliphatic rings. The molecule has 1 aliphatic carbocycles. The summed E-state index contributed by atoms with van der Waals surface area (Å²) in [6, 6.07) is 0.455. The molecule has 106 valence electrons. The van der Waals surface area contributed by atoms with Crippen molar-refractivity contribution in [2.75, 3.05) is 6.61 Å². The van der Waals surface area contributed by atoms with Gasteiger partial charge in [-0.25, -0.2) is 0 Å². The van der Waals surface area contributed by atoms with Crippen molar-refractivity contribution in [2.45, 2.75) is 71.9 Å². The number of ether oxygens (including phenoxy) is 1. The van der Waals surface area contributed by atoms with Crippen LogP contribution in [0.2, 0.25) is 0 Å². The second kappa shape index (κ2) is 5.10. The smallest absolute Gasteiger partial charge is 0.0576 e. The molecule has 18 heavy (non-hydrogen) atoms. The molecule has 2 rings (SSSR count). The molecule has 1 aliphatic heterocycles. The average Bonchev–Trinajstić information content (AvgIpc) is 2.72. The van der Waals surface area contributed by atoms with Gasteiger partial charge in [0.15, 0.2) is 0 Å². The molecule has 0 radical (unpaired) electrons. The zero-order valence-corrected chi connectivity index (χ0v) is 12.5. The largest absolute Gasteiger partial charge is 0.378 e. The molecular formula is C15H30N2O. The molecule has 3 heteroatoms. The highest BCUT2D eigenvalue weighted by atomic mass is 16.5. The molecule has 0 bridgehead atoms. The van der Waals surface area contributed by atoms with Crippen LogP contribution in [-0.4, -0.2) is 18.8 Å². The molecule has 2 atom stereocenters. The lowest BCUT2D eigenvalue weighted by Crippen LogP contribution is -2.38. The molecule has 1 saturated heterocycles. The number of nitrogens with one attached hydrogen (secondary N) is 1. The maximum atomic E-state index is 5.77. The van der Waals surface area contributed by atoms with Gasteiger partial charge in [0.1, 0.15) is 0 Å². The van der Waals surface area contributed by atoms with Gasteiger partial charge in [-0.1, -0.05) is 27.7 Å². The molecule has 0 aromatic carbocycles. The van der Waals surface area contributed by atoms with Crippen LogP contribution in [0.4, 0.5) is 0 Å². The topological polar surface area (TPSA) is 47.3 Å². The van der Waals surface area contributed by atoms with Crippen molar-refractivity contribution in [3.8, 4) is 0 Å². The van der Waals surface area contributed by atoms with Crippen molar-refractivity contribution in [3.05, 3.63) is 0 Å². The fraction of sp³-hybridized carbons (Fsp3) is 1.00. The number of hydrogen-bond acceptors (Lipinski definition) is 3. The van der Waals surface area contributed by atoms with Gasteiger partial charge >= 0.3 is 0 Å². The van der Waals surface area contributed by atoms with Crippen molar-refractivity contribution in [1.82, 2.24) is 5.43 Å². The first-order chi connectivity index (χ1) is 8.41. The number of rotatable bonds is 6. The van der Waals surface area contributed by atoms with Crippen LogP contribution in [0, 0.1) is 16.7 Å². The maximum Gasteiger partial charge on any atom is 0.0576 e. The lowest BCUT2D eigenvalue weighted by Gasteiger charge is -2.19. The summed E-state index contributed by atoms with van der Waals surface area (Å²) in [6.07, 6.45) is 6.61. The van der Waals surface area contributed by atoms with Gasteiger partial charge in [-0.3, -0.25) is 11.3 Å². The summed E-state index contributed by atoms with van der Waals surface area (Å²) in [5.41, 5.74) is 3.88. The van der Waals surface area contributed by atoms with Crippen LogP contribution < -0.4 is 11.3 Å². The van der Waals surface area contributed by atoms with Crippen LogP contribution in [0.5, 0.6) is 0 Å². The monoisotopic (exact) mass is 254 g/mol. The van der Waals surface area contributed by atoms with Gasteiger partial charge in [-0.2, -0.15) is 0 Å². The van der Waals surface area contributed by atoms with E-state index in [1.807, 2.05) is 0 Å². The first-order valence-corrected chi connectivity index (χ1v) is 7.49. The van der Waals surface area contributed by atoms with Crippen LogP contribution >= 0.6 is 0 Å². The van der Waals surface area contributed by atoms with Crippen LogP contribution in [0.3, 0.4) is 0 Å². The van der Waals surface area contributed by atoms with Crippen molar-refractivity contribution in [1.29, 1.82) is 0 Å². The molecule has 3 nitrogen and oxygen atoms in total. The summed E-state index contributed by atoms with van der Waals surface area (Å²) < 4.78 is 5.67. The summed E-state index contributed by atoms with van der Waals surface area (Å²) in [4.78, 5) is 0. The van der Waals surface area contributed by atoms with E-state index in [4.69, 9.17) is 10.6 Å². The minimum Gasteiger partial charge on any atom is -0.378 e. The van der Waals surface area contributed by atoms with Gasteiger partial charge in [-0.15, -0.1) is 0 Å². The highest BCUT2D eigenvalue weighted by Gasteiger charge is 2.66. The SMILES string of the molecule is CC1(C)C(C(CCCC2CCCO2)NN)C1(C)C. The summed E-state index contributed by atoms with van der Waals surface area (Å²) in [5.74, 6) is 6.46. The van der Waals surface area contributed by atoms with E-state index in [0.29, 0.717) is 28.9 Å². The first-order valence-electron chi connectivity index (χ1n) is 7.49. The van der Waals surface area contributed by atoms with Crippen LogP contribution in [0.1, 0.15) is 59.8 Å². The van der Waals surface area contributed by atoms with Crippen LogP contribution in [0.25, 0.3) is 0 Å². The van der Waals surface area contributed by atoms with E-state index in [9.17, 15) is 0 Å². The standard InChI is InChI=1S/C15H30N2O/c1-14(2)13(15(14,3)4)12(17-16)9-5-7-11-8-6-10-18-11/h11-13,17H,5-10,16H2,1-4H3. The molecule has 0 amide bonds. The van der Waals surface area contributed by atoms with E-state index < -0.39 is 0 Å². The Balaban J connectivity index is 1.76. The third-order valence-corrected chi connectivity index (χ3v) is 5.81. The predicted molar refractivity (Wildman–Crippen MR) is 75.0 cm³/mol. The van der Waals surface area contributed by atoms with E-state index in [2.05, 4.69) is 33.1 Å². The van der Waals surface area contributed by atoms with Gasteiger partial charge in [0.05, 0.1) is 6.10 Å². The van der Waals surface area contributed by atoms with Crippen molar-refractivity contribution in [2.24, 2.45) is 22.6 Å². The minimum absolute atomic E-state index is 0.411. The lowest BCUT2D eigenvalue weighted by molar-refractivity contribution is 0.101. The summed E-state index contributed by atoms with van der Waals surface area (Å²) >= 11 is 0. The molecule has 2 fully saturated rings. The Bertz CT molecular complexity index is 268. The number of hydrazine groups is 1. The zero-order chi connectivity index (χ0) is 13.4. The molecule has 2 unspecified atom stereocenters. The van der Waals surface area contributed by atoms with Gasteiger partial charge in [-0.05, 0) is 48.9 Å². The van der Waals surface area contributed by atoms with Crippen LogP contribution in [-0.2, 0) is 4.74 Å². The minimum atomic E-state index is 0.411. The molecule has 1 heterocycles. The normalized spacial score (nSPS) is 31.5. The number of hydrogen-bond donors (Lipinski definition) is 2.